The normalized spacial score (nSPS) is 10.7. The Bertz CT molecular complexity index is 718. The molecule has 0 unspecified atom stereocenters. The average Bonchev–Trinajstić information content (AvgIpc) is 2.96. The molecule has 5 nitrogen and oxygen atoms in total. The second-order valence-corrected chi connectivity index (χ2v) is 5.34. The van der Waals surface area contributed by atoms with Gasteiger partial charge < -0.3 is 11.1 Å². The third-order valence-corrected chi connectivity index (χ3v) is 3.81. The summed E-state index contributed by atoms with van der Waals surface area (Å²) in [6.07, 6.45) is 0. The summed E-state index contributed by atoms with van der Waals surface area (Å²) >= 11 is 2.78. The molecule has 7 heteroatoms. The van der Waals surface area contributed by atoms with Gasteiger partial charge in [0.25, 0.3) is 5.91 Å². The van der Waals surface area contributed by atoms with Crippen molar-refractivity contribution in [1.82, 2.24) is 9.97 Å². The van der Waals surface area contributed by atoms with Crippen LogP contribution in [0.25, 0.3) is 10.2 Å². The number of fused-ring (bicyclic) bond motifs is 1. The fraction of sp³-hybridized carbons (Fsp3) is 0. The lowest BCUT2D eigenvalue weighted by atomic mass is 10.3. The van der Waals surface area contributed by atoms with Gasteiger partial charge in [0.1, 0.15) is 5.69 Å². The summed E-state index contributed by atoms with van der Waals surface area (Å²) in [5.41, 5.74) is 9.25. The predicted molar refractivity (Wildman–Crippen MR) is 74.1 cm³/mol. The molecule has 0 aliphatic rings. The molecule has 1 aromatic carbocycles. The number of nitrogens with two attached hydrogens (primary N) is 1. The number of nitrogens with zero attached hydrogens (tertiary/aromatic N) is 2. The highest BCUT2D eigenvalue weighted by molar-refractivity contribution is 7.16. The van der Waals surface area contributed by atoms with Crippen molar-refractivity contribution in [3.8, 4) is 0 Å². The van der Waals surface area contributed by atoms with Crippen LogP contribution in [0.3, 0.4) is 0 Å². The molecule has 0 fully saturated rings. The molecular weight excluding hydrogens is 268 g/mol. The number of benzene rings is 1. The number of aromatic nitrogens is 2. The summed E-state index contributed by atoms with van der Waals surface area (Å²) in [5.74, 6) is -0.258. The third kappa shape index (κ3) is 2.05. The zero-order valence-electron chi connectivity index (χ0n) is 9.08. The van der Waals surface area contributed by atoms with Gasteiger partial charge in [0.15, 0.2) is 5.13 Å². The van der Waals surface area contributed by atoms with E-state index >= 15 is 0 Å². The molecule has 0 saturated carbocycles. The molecule has 90 valence electrons. The molecule has 3 rings (SSSR count). The first-order valence-electron chi connectivity index (χ1n) is 5.08. The van der Waals surface area contributed by atoms with Gasteiger partial charge in [-0.1, -0.05) is 0 Å². The van der Waals surface area contributed by atoms with Gasteiger partial charge in [-0.3, -0.25) is 4.79 Å². The molecule has 0 saturated heterocycles. The molecule has 3 aromatic rings. The Hall–Kier alpha value is -1.99. The molecule has 0 aliphatic heterocycles. The van der Waals surface area contributed by atoms with Crippen LogP contribution in [0.1, 0.15) is 10.5 Å². The number of rotatable bonds is 2. The van der Waals surface area contributed by atoms with Crippen LogP contribution >= 0.6 is 22.7 Å². The average molecular weight is 276 g/mol. The minimum absolute atomic E-state index is 0.258. The highest BCUT2D eigenvalue weighted by atomic mass is 32.1. The van der Waals surface area contributed by atoms with Gasteiger partial charge in [-0.25, -0.2) is 9.97 Å². The Morgan fingerprint density at radius 3 is 3.00 bits per heavy atom. The van der Waals surface area contributed by atoms with Crippen LogP contribution in [0.5, 0.6) is 0 Å². The monoisotopic (exact) mass is 276 g/mol. The Labute approximate surface area is 110 Å². The van der Waals surface area contributed by atoms with E-state index in [-0.39, 0.29) is 5.91 Å². The van der Waals surface area contributed by atoms with Crippen LogP contribution in [0, 0.1) is 0 Å². The zero-order valence-corrected chi connectivity index (χ0v) is 10.7. The maximum Gasteiger partial charge on any atom is 0.275 e. The molecule has 0 atom stereocenters. The van der Waals surface area contributed by atoms with Crippen LogP contribution in [-0.4, -0.2) is 15.9 Å². The zero-order chi connectivity index (χ0) is 12.5. The van der Waals surface area contributed by atoms with Crippen LogP contribution in [0.15, 0.2) is 29.1 Å². The lowest BCUT2D eigenvalue weighted by Gasteiger charge is -2.02. The van der Waals surface area contributed by atoms with E-state index in [1.165, 1.54) is 22.7 Å². The number of hydrogen-bond donors (Lipinski definition) is 2. The van der Waals surface area contributed by atoms with Gasteiger partial charge in [-0.05, 0) is 18.2 Å². The van der Waals surface area contributed by atoms with E-state index in [0.717, 1.165) is 15.9 Å². The largest absolute Gasteiger partial charge is 0.375 e. The lowest BCUT2D eigenvalue weighted by molar-refractivity contribution is 0.102. The van der Waals surface area contributed by atoms with Crippen molar-refractivity contribution in [2.45, 2.75) is 0 Å². The summed E-state index contributed by atoms with van der Waals surface area (Å²) < 4.78 is 1.03. The van der Waals surface area contributed by atoms with Crippen molar-refractivity contribution >= 4 is 49.6 Å². The Morgan fingerprint density at radius 1 is 1.33 bits per heavy atom. The van der Waals surface area contributed by atoms with Gasteiger partial charge >= 0.3 is 0 Å². The molecule has 0 spiro atoms. The molecule has 2 heterocycles. The van der Waals surface area contributed by atoms with Crippen molar-refractivity contribution < 1.29 is 4.79 Å². The fourth-order valence-electron chi connectivity index (χ4n) is 1.52. The second kappa shape index (κ2) is 4.35. The van der Waals surface area contributed by atoms with Crippen molar-refractivity contribution in [3.63, 3.8) is 0 Å². The van der Waals surface area contributed by atoms with Gasteiger partial charge in [0.05, 0.1) is 15.7 Å². The Kier molecular flexibility index (Phi) is 2.69. The number of nitrogens with one attached hydrogen (secondary N) is 1. The van der Waals surface area contributed by atoms with Gasteiger partial charge in [-0.2, -0.15) is 0 Å². The fourth-order valence-corrected chi connectivity index (χ4v) is 2.78. The number of amides is 1. The summed E-state index contributed by atoms with van der Waals surface area (Å²) in [4.78, 5) is 20.0. The molecule has 0 aliphatic carbocycles. The molecule has 18 heavy (non-hydrogen) atoms. The van der Waals surface area contributed by atoms with Crippen LogP contribution < -0.4 is 11.1 Å². The van der Waals surface area contributed by atoms with Gasteiger partial charge in [-0.15, -0.1) is 22.7 Å². The van der Waals surface area contributed by atoms with Crippen LogP contribution in [-0.2, 0) is 0 Å². The number of nitrogen functional groups attached to an aromatic ring is 1. The van der Waals surface area contributed by atoms with E-state index in [2.05, 4.69) is 15.3 Å². The first-order chi connectivity index (χ1) is 8.72. The minimum atomic E-state index is -0.258. The number of anilines is 2. The van der Waals surface area contributed by atoms with E-state index in [1.54, 1.807) is 10.9 Å². The highest BCUT2D eigenvalue weighted by Crippen LogP contribution is 2.22. The topological polar surface area (TPSA) is 80.9 Å². The third-order valence-electron chi connectivity index (χ3n) is 2.34. The summed E-state index contributed by atoms with van der Waals surface area (Å²) in [6, 6.07) is 5.58. The number of thiazole rings is 2. The SMILES string of the molecule is Nc1nc(C(=O)Nc2ccc3ncsc3c2)cs1. The molecule has 2 aromatic heterocycles. The number of carbonyl (C=O) groups excluding carboxylic acids is 1. The lowest BCUT2D eigenvalue weighted by Crippen LogP contribution is -2.12. The van der Waals surface area contributed by atoms with E-state index in [1.807, 2.05) is 18.2 Å². The van der Waals surface area contributed by atoms with Crippen molar-refractivity contribution in [3.05, 3.63) is 34.8 Å². The predicted octanol–water partition coefficient (Wildman–Crippen LogP) is 2.59. The summed E-state index contributed by atoms with van der Waals surface area (Å²) in [5, 5.41) is 4.80. The summed E-state index contributed by atoms with van der Waals surface area (Å²) in [6.45, 7) is 0. The van der Waals surface area contributed by atoms with Crippen molar-refractivity contribution in [2.24, 2.45) is 0 Å². The maximum absolute atomic E-state index is 11.9. The molecule has 0 radical (unpaired) electrons. The highest BCUT2D eigenvalue weighted by Gasteiger charge is 2.10. The Balaban J connectivity index is 1.85. The molecule has 1 amide bonds. The molecule has 0 bridgehead atoms. The van der Waals surface area contributed by atoms with Crippen LogP contribution in [0.2, 0.25) is 0 Å². The molecule has 3 N–H and O–H groups in total. The first-order valence-corrected chi connectivity index (χ1v) is 6.84. The number of hydrogen-bond acceptors (Lipinski definition) is 6. The van der Waals surface area contributed by atoms with E-state index in [9.17, 15) is 4.79 Å². The quantitative estimate of drug-likeness (QED) is 0.753. The van der Waals surface area contributed by atoms with E-state index in [4.69, 9.17) is 5.73 Å². The second-order valence-electron chi connectivity index (χ2n) is 3.56. The standard InChI is InChI=1S/C11H8N4OS2/c12-11-15-8(4-17-11)10(16)14-6-1-2-7-9(3-6)18-5-13-7/h1-5H,(H2,12,15)(H,14,16). The van der Waals surface area contributed by atoms with Crippen molar-refractivity contribution in [2.75, 3.05) is 11.1 Å². The van der Waals surface area contributed by atoms with E-state index in [0.29, 0.717) is 10.8 Å². The van der Waals surface area contributed by atoms with Gasteiger partial charge in [0, 0.05) is 11.1 Å². The number of carbonyl (C=O) groups is 1. The minimum Gasteiger partial charge on any atom is -0.375 e. The van der Waals surface area contributed by atoms with Crippen molar-refractivity contribution in [1.29, 1.82) is 0 Å². The van der Waals surface area contributed by atoms with Crippen LogP contribution in [0.4, 0.5) is 10.8 Å². The Morgan fingerprint density at radius 2 is 2.22 bits per heavy atom. The smallest absolute Gasteiger partial charge is 0.275 e. The van der Waals surface area contributed by atoms with Gasteiger partial charge in [0.2, 0.25) is 0 Å². The first kappa shape index (κ1) is 11.1. The molecular formula is C11H8N4OS2. The summed E-state index contributed by atoms with van der Waals surface area (Å²) in [7, 11) is 0. The van der Waals surface area contributed by atoms with E-state index < -0.39 is 0 Å². The maximum atomic E-state index is 11.9.